The van der Waals surface area contributed by atoms with E-state index in [2.05, 4.69) is 15.9 Å². The van der Waals surface area contributed by atoms with Gasteiger partial charge in [0, 0.05) is 17.6 Å². The van der Waals surface area contributed by atoms with Crippen molar-refractivity contribution in [3.05, 3.63) is 28.2 Å². The first-order valence-corrected chi connectivity index (χ1v) is 7.76. The van der Waals surface area contributed by atoms with E-state index in [0.29, 0.717) is 39.6 Å². The number of halogens is 1. The maximum Gasteiger partial charge on any atom is 0.120 e. The lowest BCUT2D eigenvalue weighted by atomic mass is 10.1. The van der Waals surface area contributed by atoms with Crippen LogP contribution in [-0.4, -0.2) is 46.8 Å². The van der Waals surface area contributed by atoms with E-state index in [9.17, 15) is 0 Å². The Morgan fingerprint density at radius 2 is 1.67 bits per heavy atom. The first-order valence-electron chi connectivity index (χ1n) is 6.97. The van der Waals surface area contributed by atoms with Crippen LogP contribution in [0.1, 0.15) is 18.5 Å². The fourth-order valence-electron chi connectivity index (χ4n) is 1.65. The second-order valence-corrected chi connectivity index (χ2v) is 5.39. The van der Waals surface area contributed by atoms with Gasteiger partial charge >= 0.3 is 0 Å². The normalized spacial score (nSPS) is 12.4. The van der Waals surface area contributed by atoms with Gasteiger partial charge in [-0.3, -0.25) is 0 Å². The minimum atomic E-state index is -0.00475. The van der Waals surface area contributed by atoms with Gasteiger partial charge in [0.1, 0.15) is 12.4 Å². The first kappa shape index (κ1) is 18.4. The van der Waals surface area contributed by atoms with E-state index in [1.165, 1.54) is 0 Å². The van der Waals surface area contributed by atoms with Gasteiger partial charge in [0.05, 0.1) is 33.0 Å². The van der Waals surface area contributed by atoms with Crippen LogP contribution in [0.3, 0.4) is 0 Å². The highest BCUT2D eigenvalue weighted by Gasteiger charge is 2.06. The Bertz CT molecular complexity index is 401. The van der Waals surface area contributed by atoms with Gasteiger partial charge in [-0.15, -0.1) is 0 Å². The molecule has 0 spiro atoms. The molecule has 1 rings (SSSR count). The molecule has 0 fully saturated rings. The van der Waals surface area contributed by atoms with E-state index >= 15 is 0 Å². The largest absolute Gasteiger partial charge is 0.491 e. The highest BCUT2D eigenvalue weighted by molar-refractivity contribution is 9.10. The molecule has 6 heteroatoms. The Balaban J connectivity index is 2.11. The zero-order valence-corrected chi connectivity index (χ0v) is 14.2. The van der Waals surface area contributed by atoms with Crippen molar-refractivity contribution in [1.29, 1.82) is 0 Å². The zero-order chi connectivity index (χ0) is 15.5. The first-order chi connectivity index (χ1) is 10.1. The van der Waals surface area contributed by atoms with Crippen molar-refractivity contribution in [1.82, 2.24) is 0 Å². The fraction of sp³-hybridized carbons (Fsp3) is 0.600. The van der Waals surface area contributed by atoms with Gasteiger partial charge in [-0.05, 0) is 24.6 Å². The molecule has 0 aromatic heterocycles. The smallest absolute Gasteiger partial charge is 0.120 e. The average molecular weight is 362 g/mol. The summed E-state index contributed by atoms with van der Waals surface area (Å²) >= 11 is 3.49. The lowest BCUT2D eigenvalue weighted by molar-refractivity contribution is 0.0179. The molecule has 0 unspecified atom stereocenters. The minimum Gasteiger partial charge on any atom is -0.491 e. The van der Waals surface area contributed by atoms with Crippen LogP contribution >= 0.6 is 15.9 Å². The summed E-state index contributed by atoms with van der Waals surface area (Å²) in [5, 5.41) is 0. The molecule has 21 heavy (non-hydrogen) atoms. The van der Waals surface area contributed by atoms with E-state index in [1.54, 1.807) is 7.11 Å². The number of ether oxygens (including phenoxy) is 4. The predicted octanol–water partition coefficient (Wildman–Crippen LogP) is 2.53. The van der Waals surface area contributed by atoms with E-state index in [-0.39, 0.29) is 6.04 Å². The third-order valence-corrected chi connectivity index (χ3v) is 3.45. The van der Waals surface area contributed by atoms with E-state index < -0.39 is 0 Å². The second-order valence-electron chi connectivity index (χ2n) is 4.54. The highest BCUT2D eigenvalue weighted by Crippen LogP contribution is 2.26. The van der Waals surface area contributed by atoms with Crippen LogP contribution in [0, 0.1) is 0 Å². The molecule has 1 aromatic rings. The second kappa shape index (κ2) is 11.0. The number of benzene rings is 1. The summed E-state index contributed by atoms with van der Waals surface area (Å²) in [6, 6.07) is 5.80. The van der Waals surface area contributed by atoms with Crippen molar-refractivity contribution in [3.63, 3.8) is 0 Å². The summed E-state index contributed by atoms with van der Waals surface area (Å²) in [5.41, 5.74) is 6.91. The summed E-state index contributed by atoms with van der Waals surface area (Å²) in [6.07, 6.45) is 0. The summed E-state index contributed by atoms with van der Waals surface area (Å²) in [6.45, 7) is 5.30. The van der Waals surface area contributed by atoms with E-state index in [0.717, 1.165) is 15.8 Å². The minimum absolute atomic E-state index is 0.00475. The number of nitrogens with two attached hydrogens (primary N) is 1. The van der Waals surface area contributed by atoms with Crippen molar-refractivity contribution < 1.29 is 18.9 Å². The van der Waals surface area contributed by atoms with Crippen LogP contribution in [0.15, 0.2) is 22.7 Å². The molecule has 0 radical (unpaired) electrons. The maximum atomic E-state index is 5.85. The fourth-order valence-corrected chi connectivity index (χ4v) is 2.37. The molecule has 0 bridgehead atoms. The molecule has 0 saturated heterocycles. The summed E-state index contributed by atoms with van der Waals surface area (Å²) < 4.78 is 22.1. The molecule has 1 aromatic carbocycles. The average Bonchev–Trinajstić information content (AvgIpc) is 2.45. The topological polar surface area (TPSA) is 62.9 Å². The number of methoxy groups -OCH3 is 1. The lowest BCUT2D eigenvalue weighted by Crippen LogP contribution is -2.12. The van der Waals surface area contributed by atoms with Crippen molar-refractivity contribution in [3.8, 4) is 5.75 Å². The van der Waals surface area contributed by atoms with Crippen LogP contribution in [-0.2, 0) is 14.2 Å². The molecule has 0 amide bonds. The number of hydrogen-bond acceptors (Lipinski definition) is 5. The van der Waals surface area contributed by atoms with Gasteiger partial charge < -0.3 is 24.7 Å². The third kappa shape index (κ3) is 7.78. The maximum absolute atomic E-state index is 5.85. The molecule has 1 atom stereocenters. The molecule has 0 saturated carbocycles. The molecular formula is C15H24BrNO4. The van der Waals surface area contributed by atoms with Crippen molar-refractivity contribution in [2.45, 2.75) is 13.0 Å². The highest BCUT2D eigenvalue weighted by atomic mass is 79.9. The predicted molar refractivity (Wildman–Crippen MR) is 85.8 cm³/mol. The molecule has 0 aliphatic carbocycles. The van der Waals surface area contributed by atoms with Crippen LogP contribution in [0.25, 0.3) is 0 Å². The van der Waals surface area contributed by atoms with Crippen LogP contribution in [0.4, 0.5) is 0 Å². The van der Waals surface area contributed by atoms with Crippen molar-refractivity contribution >= 4 is 15.9 Å². The van der Waals surface area contributed by atoms with E-state index in [1.807, 2.05) is 25.1 Å². The Morgan fingerprint density at radius 1 is 1.05 bits per heavy atom. The monoisotopic (exact) mass is 361 g/mol. The van der Waals surface area contributed by atoms with Crippen molar-refractivity contribution in [2.75, 3.05) is 46.8 Å². The Kier molecular flexibility index (Phi) is 9.62. The summed E-state index contributed by atoms with van der Waals surface area (Å²) in [7, 11) is 1.65. The van der Waals surface area contributed by atoms with Gasteiger partial charge in [-0.1, -0.05) is 22.0 Å². The van der Waals surface area contributed by atoms with Gasteiger partial charge in [-0.2, -0.15) is 0 Å². The van der Waals surface area contributed by atoms with Crippen molar-refractivity contribution in [2.24, 2.45) is 5.73 Å². The quantitative estimate of drug-likeness (QED) is 0.613. The van der Waals surface area contributed by atoms with Gasteiger partial charge in [-0.25, -0.2) is 0 Å². The van der Waals surface area contributed by atoms with Gasteiger partial charge in [0.2, 0.25) is 0 Å². The standard InChI is InChI=1S/C15H24BrNO4/c1-12(17)14-4-3-13(11-15(14)16)21-10-9-20-8-7-19-6-5-18-2/h3-4,11-12H,5-10,17H2,1-2H3/t12-/m1/s1. The van der Waals surface area contributed by atoms with Gasteiger partial charge in [0.25, 0.3) is 0 Å². The Labute approximate surface area is 134 Å². The molecule has 0 heterocycles. The SMILES string of the molecule is COCCOCCOCCOc1ccc([C@@H](C)N)c(Br)c1. The number of rotatable bonds is 11. The van der Waals surface area contributed by atoms with Crippen LogP contribution in [0.5, 0.6) is 5.75 Å². The van der Waals surface area contributed by atoms with E-state index in [4.69, 9.17) is 24.7 Å². The molecular weight excluding hydrogens is 338 g/mol. The summed E-state index contributed by atoms with van der Waals surface area (Å²) in [5.74, 6) is 0.797. The molecule has 120 valence electrons. The lowest BCUT2D eigenvalue weighted by Gasteiger charge is -2.11. The Hall–Kier alpha value is -0.660. The summed E-state index contributed by atoms with van der Waals surface area (Å²) in [4.78, 5) is 0. The molecule has 5 nitrogen and oxygen atoms in total. The third-order valence-electron chi connectivity index (χ3n) is 2.76. The van der Waals surface area contributed by atoms with Crippen LogP contribution < -0.4 is 10.5 Å². The number of hydrogen-bond donors (Lipinski definition) is 1. The molecule has 2 N–H and O–H groups in total. The molecule has 0 aliphatic rings. The van der Waals surface area contributed by atoms with Crippen LogP contribution in [0.2, 0.25) is 0 Å². The van der Waals surface area contributed by atoms with Gasteiger partial charge in [0.15, 0.2) is 0 Å². The molecule has 0 aliphatic heterocycles. The Morgan fingerprint density at radius 3 is 2.24 bits per heavy atom. The zero-order valence-electron chi connectivity index (χ0n) is 12.6.